The van der Waals surface area contributed by atoms with Gasteiger partial charge in [-0.25, -0.2) is 0 Å². The van der Waals surface area contributed by atoms with E-state index in [4.69, 9.17) is 12.2 Å². The molecule has 0 amide bonds. The van der Waals surface area contributed by atoms with Gasteiger partial charge in [0.1, 0.15) is 0 Å². The van der Waals surface area contributed by atoms with Gasteiger partial charge in [-0.05, 0) is 63.3 Å². The summed E-state index contributed by atoms with van der Waals surface area (Å²) in [5.41, 5.74) is -3.12. The molecule has 3 nitrogen and oxygen atoms in total. The summed E-state index contributed by atoms with van der Waals surface area (Å²) >= 11 is 5.05. The van der Waals surface area contributed by atoms with Crippen LogP contribution in [0, 0.1) is 5.92 Å². The molecule has 0 bridgehead atoms. The number of thiocarbonyl (C=S) groups is 1. The molecule has 0 heterocycles. The van der Waals surface area contributed by atoms with Gasteiger partial charge in [-0.2, -0.15) is 26.3 Å². The van der Waals surface area contributed by atoms with E-state index >= 15 is 0 Å². The number of rotatable bonds is 4. The molecule has 0 spiro atoms. The second-order valence-electron chi connectivity index (χ2n) is 6.60. The first-order valence-electron chi connectivity index (χ1n) is 7.88. The average molecular weight is 399 g/mol. The summed E-state index contributed by atoms with van der Waals surface area (Å²) in [6, 6.07) is 1.36. The fourth-order valence-corrected chi connectivity index (χ4v) is 3.08. The molecule has 26 heavy (non-hydrogen) atoms. The normalized spacial score (nSPS) is 20.7. The predicted octanol–water partition coefficient (Wildman–Crippen LogP) is 4.35. The van der Waals surface area contributed by atoms with Crippen molar-refractivity contribution < 1.29 is 26.3 Å². The van der Waals surface area contributed by atoms with E-state index in [1.807, 2.05) is 19.0 Å². The first-order chi connectivity index (χ1) is 11.9. The largest absolute Gasteiger partial charge is 0.416 e. The highest BCUT2D eigenvalue weighted by molar-refractivity contribution is 7.80. The zero-order valence-corrected chi connectivity index (χ0v) is 14.9. The van der Waals surface area contributed by atoms with Crippen molar-refractivity contribution in [2.75, 3.05) is 26.0 Å². The van der Waals surface area contributed by atoms with Gasteiger partial charge in [0.05, 0.1) is 11.1 Å². The Balaban J connectivity index is 2.11. The summed E-state index contributed by atoms with van der Waals surface area (Å²) in [6.07, 6.45) is -7.95. The lowest BCUT2D eigenvalue weighted by Crippen LogP contribution is -2.51. The van der Waals surface area contributed by atoms with Gasteiger partial charge in [0.25, 0.3) is 0 Å². The van der Waals surface area contributed by atoms with Crippen molar-refractivity contribution in [1.29, 1.82) is 0 Å². The molecule has 0 radical (unpaired) electrons. The van der Waals surface area contributed by atoms with Crippen molar-refractivity contribution in [3.63, 3.8) is 0 Å². The van der Waals surface area contributed by atoms with E-state index in [0.717, 1.165) is 19.4 Å². The fourth-order valence-electron chi connectivity index (χ4n) is 2.81. The number of hydrogen-bond acceptors (Lipinski definition) is 2. The maximum Gasteiger partial charge on any atom is 0.416 e. The predicted molar refractivity (Wildman–Crippen MR) is 90.9 cm³/mol. The molecule has 1 aromatic rings. The van der Waals surface area contributed by atoms with Crippen molar-refractivity contribution in [2.45, 2.75) is 31.2 Å². The lowest BCUT2D eigenvalue weighted by molar-refractivity contribution is -0.143. The summed E-state index contributed by atoms with van der Waals surface area (Å²) in [7, 11) is 3.85. The number of alkyl halides is 6. The van der Waals surface area contributed by atoms with E-state index in [1.165, 1.54) is 0 Å². The summed E-state index contributed by atoms with van der Waals surface area (Å²) in [4.78, 5) is 2.01. The molecule has 0 saturated heterocycles. The SMILES string of the molecule is CN(C)C[C@H]1CC[C@@H]1NC(=S)Nc1cc(C(F)(F)F)cc(C(F)(F)F)c1. The highest BCUT2D eigenvalue weighted by Crippen LogP contribution is 2.37. The Morgan fingerprint density at radius 1 is 1.04 bits per heavy atom. The summed E-state index contributed by atoms with van der Waals surface area (Å²) in [6.45, 7) is 0.821. The minimum Gasteiger partial charge on any atom is -0.359 e. The van der Waals surface area contributed by atoms with E-state index in [0.29, 0.717) is 18.1 Å². The van der Waals surface area contributed by atoms with Gasteiger partial charge in [-0.15, -0.1) is 0 Å². The number of nitrogens with one attached hydrogen (secondary N) is 2. The van der Waals surface area contributed by atoms with Crippen molar-refractivity contribution in [1.82, 2.24) is 10.2 Å². The van der Waals surface area contributed by atoms with Crippen LogP contribution >= 0.6 is 12.2 Å². The molecule has 1 aromatic carbocycles. The van der Waals surface area contributed by atoms with Crippen LogP contribution in [0.4, 0.5) is 32.0 Å². The average Bonchev–Trinajstić information content (AvgIpc) is 2.47. The van der Waals surface area contributed by atoms with Gasteiger partial charge in [0.15, 0.2) is 5.11 Å². The zero-order chi connectivity index (χ0) is 19.7. The molecule has 0 unspecified atom stereocenters. The number of hydrogen-bond donors (Lipinski definition) is 2. The molecule has 1 aliphatic carbocycles. The first-order valence-corrected chi connectivity index (χ1v) is 8.29. The third kappa shape index (κ3) is 5.47. The maximum absolute atomic E-state index is 12.9. The number of anilines is 1. The molecule has 2 rings (SSSR count). The Morgan fingerprint density at radius 2 is 1.58 bits per heavy atom. The minimum atomic E-state index is -4.89. The van der Waals surface area contributed by atoms with Crippen molar-refractivity contribution >= 4 is 23.0 Å². The lowest BCUT2D eigenvalue weighted by atomic mass is 9.79. The van der Waals surface area contributed by atoms with Crippen LogP contribution in [0.15, 0.2) is 18.2 Å². The van der Waals surface area contributed by atoms with Gasteiger partial charge in [-0.3, -0.25) is 0 Å². The summed E-state index contributed by atoms with van der Waals surface area (Å²) in [5, 5.41) is 5.42. The molecule has 1 fully saturated rings. The molecule has 10 heteroatoms. The quantitative estimate of drug-likeness (QED) is 0.582. The van der Waals surface area contributed by atoms with Crippen LogP contribution in [0.2, 0.25) is 0 Å². The Bertz CT molecular complexity index is 624. The van der Waals surface area contributed by atoms with Crippen LogP contribution in [-0.2, 0) is 12.4 Å². The smallest absolute Gasteiger partial charge is 0.359 e. The molecule has 2 atom stereocenters. The van der Waals surface area contributed by atoms with Crippen molar-refractivity contribution in [3.8, 4) is 0 Å². The summed E-state index contributed by atoms with van der Waals surface area (Å²) < 4.78 is 77.2. The van der Waals surface area contributed by atoms with Gasteiger partial charge in [0, 0.05) is 18.3 Å². The molecule has 0 aromatic heterocycles. The van der Waals surface area contributed by atoms with Crippen LogP contribution in [0.5, 0.6) is 0 Å². The van der Waals surface area contributed by atoms with E-state index in [2.05, 4.69) is 10.6 Å². The topological polar surface area (TPSA) is 27.3 Å². The van der Waals surface area contributed by atoms with Crippen LogP contribution in [0.3, 0.4) is 0 Å². The second-order valence-corrected chi connectivity index (χ2v) is 7.01. The fraction of sp³-hybridized carbons (Fsp3) is 0.562. The van der Waals surface area contributed by atoms with Gasteiger partial charge in [0.2, 0.25) is 0 Å². The van der Waals surface area contributed by atoms with Gasteiger partial charge < -0.3 is 15.5 Å². The van der Waals surface area contributed by atoms with Gasteiger partial charge in [-0.1, -0.05) is 0 Å². The Hall–Kier alpha value is -1.55. The molecule has 0 aliphatic heterocycles. The first kappa shape index (κ1) is 20.8. The molecule has 1 saturated carbocycles. The third-order valence-electron chi connectivity index (χ3n) is 4.18. The maximum atomic E-state index is 12.9. The Kier molecular flexibility index (Phi) is 6.06. The number of nitrogens with zero attached hydrogens (tertiary/aromatic N) is 1. The van der Waals surface area contributed by atoms with Crippen molar-refractivity contribution in [3.05, 3.63) is 29.3 Å². The molecule has 146 valence electrons. The molecule has 1 aliphatic rings. The van der Waals surface area contributed by atoms with E-state index in [-0.39, 0.29) is 22.9 Å². The number of halogens is 6. The number of benzene rings is 1. The van der Waals surface area contributed by atoms with Crippen molar-refractivity contribution in [2.24, 2.45) is 5.92 Å². The van der Waals surface area contributed by atoms with Crippen LogP contribution < -0.4 is 10.6 Å². The minimum absolute atomic E-state index is 0.00547. The molecular formula is C16H19F6N3S. The van der Waals surface area contributed by atoms with E-state index in [1.54, 1.807) is 0 Å². The van der Waals surface area contributed by atoms with Crippen LogP contribution in [0.25, 0.3) is 0 Å². The van der Waals surface area contributed by atoms with Crippen LogP contribution in [0.1, 0.15) is 24.0 Å². The second kappa shape index (κ2) is 7.59. The lowest BCUT2D eigenvalue weighted by Gasteiger charge is -2.39. The monoisotopic (exact) mass is 399 g/mol. The molecular weight excluding hydrogens is 380 g/mol. The highest BCUT2D eigenvalue weighted by Gasteiger charge is 2.37. The van der Waals surface area contributed by atoms with E-state index in [9.17, 15) is 26.3 Å². The van der Waals surface area contributed by atoms with Crippen LogP contribution in [-0.4, -0.2) is 36.7 Å². The molecule has 2 N–H and O–H groups in total. The Morgan fingerprint density at radius 3 is 1.96 bits per heavy atom. The highest BCUT2D eigenvalue weighted by atomic mass is 32.1. The zero-order valence-electron chi connectivity index (χ0n) is 14.1. The third-order valence-corrected chi connectivity index (χ3v) is 4.40. The summed E-state index contributed by atoms with van der Waals surface area (Å²) in [5.74, 6) is 0.331. The standard InChI is InChI=1S/C16H19F6N3S/c1-25(2)8-9-3-4-13(9)24-14(26)23-12-6-10(15(17,18)19)5-11(7-12)16(20,21)22/h5-7,9,13H,3-4,8H2,1-2H3,(H2,23,24,26)/t9-,13+/m1/s1. The van der Waals surface area contributed by atoms with E-state index < -0.39 is 23.5 Å². The Labute approximate surface area is 152 Å². The van der Waals surface area contributed by atoms with Gasteiger partial charge >= 0.3 is 12.4 Å².